The van der Waals surface area contributed by atoms with Crippen molar-refractivity contribution in [3.8, 4) is 0 Å². The van der Waals surface area contributed by atoms with Gasteiger partial charge in [-0.25, -0.2) is 8.78 Å². The maximum Gasteiger partial charge on any atom is 0.126 e. The molecule has 4 nitrogen and oxygen atoms in total. The first kappa shape index (κ1) is 23.1. The standard InChI is InChI=1S/C26H35F2N3O/c1-3-22-9-17(2)16-31(22)23-6-4-5-19(13-23)26(7-8-26)30-15-25(32)24(29)12-18-10-20(27)14-21(28)11-18/h4-6,10-11,13-14,17,22,24-25,30,32H,3,7-9,12,15-16,29H2,1-2H3. The first-order chi connectivity index (χ1) is 15.3. The van der Waals surface area contributed by atoms with E-state index in [0.29, 0.717) is 24.1 Å². The van der Waals surface area contributed by atoms with E-state index in [1.54, 1.807) is 0 Å². The number of anilines is 1. The van der Waals surface area contributed by atoms with Crippen molar-refractivity contribution in [3.05, 3.63) is 65.2 Å². The Morgan fingerprint density at radius 1 is 1.19 bits per heavy atom. The van der Waals surface area contributed by atoms with Gasteiger partial charge in [0.1, 0.15) is 11.6 Å². The molecular weight excluding hydrogens is 408 g/mol. The first-order valence-electron chi connectivity index (χ1n) is 11.8. The van der Waals surface area contributed by atoms with Crippen LogP contribution in [0.3, 0.4) is 0 Å². The number of hydrogen-bond donors (Lipinski definition) is 3. The van der Waals surface area contributed by atoms with Crippen LogP contribution in [0, 0.1) is 17.6 Å². The topological polar surface area (TPSA) is 61.5 Å². The Hall–Kier alpha value is -2.02. The number of rotatable bonds is 9. The summed E-state index contributed by atoms with van der Waals surface area (Å²) >= 11 is 0. The van der Waals surface area contributed by atoms with E-state index in [2.05, 4.69) is 48.3 Å². The molecule has 1 saturated heterocycles. The van der Waals surface area contributed by atoms with Crippen LogP contribution in [0.5, 0.6) is 0 Å². The van der Waals surface area contributed by atoms with Gasteiger partial charge in [-0.15, -0.1) is 0 Å². The van der Waals surface area contributed by atoms with Gasteiger partial charge in [-0.3, -0.25) is 0 Å². The summed E-state index contributed by atoms with van der Waals surface area (Å²) in [6.45, 7) is 6.00. The molecule has 0 amide bonds. The van der Waals surface area contributed by atoms with Gasteiger partial charge in [0, 0.05) is 42.5 Å². The molecule has 4 N–H and O–H groups in total. The summed E-state index contributed by atoms with van der Waals surface area (Å²) in [5.74, 6) is -0.552. The number of halogens is 2. The number of hydrogen-bond acceptors (Lipinski definition) is 4. The van der Waals surface area contributed by atoms with Crippen molar-refractivity contribution in [2.45, 2.75) is 69.7 Å². The highest BCUT2D eigenvalue weighted by molar-refractivity contribution is 5.53. The van der Waals surface area contributed by atoms with E-state index < -0.39 is 23.8 Å². The fourth-order valence-corrected chi connectivity index (χ4v) is 5.12. The van der Waals surface area contributed by atoms with E-state index in [1.165, 1.54) is 29.8 Å². The van der Waals surface area contributed by atoms with E-state index in [4.69, 9.17) is 5.73 Å². The number of aliphatic hydroxyl groups excluding tert-OH is 1. The number of aliphatic hydroxyl groups is 1. The highest BCUT2D eigenvalue weighted by Crippen LogP contribution is 2.46. The molecule has 1 aliphatic heterocycles. The molecule has 0 radical (unpaired) electrons. The lowest BCUT2D eigenvalue weighted by molar-refractivity contribution is 0.136. The fraction of sp³-hybridized carbons (Fsp3) is 0.538. The average molecular weight is 444 g/mol. The van der Waals surface area contributed by atoms with Crippen molar-refractivity contribution < 1.29 is 13.9 Å². The van der Waals surface area contributed by atoms with Gasteiger partial charge in [0.15, 0.2) is 0 Å². The minimum Gasteiger partial charge on any atom is -0.390 e. The van der Waals surface area contributed by atoms with Gasteiger partial charge in [0.25, 0.3) is 0 Å². The van der Waals surface area contributed by atoms with E-state index >= 15 is 0 Å². The molecule has 1 aliphatic carbocycles. The fourth-order valence-electron chi connectivity index (χ4n) is 5.12. The number of nitrogens with one attached hydrogen (secondary N) is 1. The molecule has 32 heavy (non-hydrogen) atoms. The van der Waals surface area contributed by atoms with E-state index in [-0.39, 0.29) is 12.0 Å². The summed E-state index contributed by atoms with van der Waals surface area (Å²) in [5, 5.41) is 14.1. The number of nitrogens with zero attached hydrogens (tertiary/aromatic N) is 1. The maximum atomic E-state index is 13.4. The molecule has 0 aromatic heterocycles. The largest absolute Gasteiger partial charge is 0.390 e. The van der Waals surface area contributed by atoms with Gasteiger partial charge < -0.3 is 21.1 Å². The van der Waals surface area contributed by atoms with Crippen LogP contribution in [-0.2, 0) is 12.0 Å². The Morgan fingerprint density at radius 3 is 2.56 bits per heavy atom. The van der Waals surface area contributed by atoms with E-state index in [1.807, 2.05) is 0 Å². The second-order valence-corrected chi connectivity index (χ2v) is 9.78. The molecule has 4 unspecified atom stereocenters. The predicted molar refractivity (Wildman–Crippen MR) is 125 cm³/mol. The van der Waals surface area contributed by atoms with Gasteiger partial charge in [-0.05, 0) is 73.4 Å². The summed E-state index contributed by atoms with van der Waals surface area (Å²) in [4.78, 5) is 2.53. The normalized spacial score (nSPS) is 23.9. The quantitative estimate of drug-likeness (QED) is 0.546. The smallest absolute Gasteiger partial charge is 0.126 e. The highest BCUT2D eigenvalue weighted by Gasteiger charge is 2.44. The van der Waals surface area contributed by atoms with Crippen LogP contribution >= 0.6 is 0 Å². The maximum absolute atomic E-state index is 13.4. The molecule has 0 bridgehead atoms. The van der Waals surface area contributed by atoms with Crippen LogP contribution in [0.15, 0.2) is 42.5 Å². The van der Waals surface area contributed by atoms with Gasteiger partial charge in [0.05, 0.1) is 6.10 Å². The van der Waals surface area contributed by atoms with Gasteiger partial charge in [0.2, 0.25) is 0 Å². The second-order valence-electron chi connectivity index (χ2n) is 9.78. The lowest BCUT2D eigenvalue weighted by Crippen LogP contribution is -2.45. The Balaban J connectivity index is 1.38. The monoisotopic (exact) mass is 443 g/mol. The molecule has 1 heterocycles. The zero-order valence-electron chi connectivity index (χ0n) is 19.0. The van der Waals surface area contributed by atoms with E-state index in [0.717, 1.165) is 31.9 Å². The van der Waals surface area contributed by atoms with Gasteiger partial charge in [-0.1, -0.05) is 26.0 Å². The SMILES string of the molecule is CCC1CC(C)CN1c1cccc(C2(NCC(O)C(N)Cc3cc(F)cc(F)c3)CC2)c1. The molecule has 2 aliphatic rings. The Bertz CT molecular complexity index is 913. The molecule has 4 atom stereocenters. The minimum atomic E-state index is -0.814. The Morgan fingerprint density at radius 2 is 1.91 bits per heavy atom. The molecule has 174 valence electrons. The summed E-state index contributed by atoms with van der Waals surface area (Å²) in [5.41, 5.74) is 8.99. The van der Waals surface area contributed by atoms with Crippen LogP contribution < -0.4 is 16.0 Å². The van der Waals surface area contributed by atoms with Crippen LogP contribution in [0.25, 0.3) is 0 Å². The van der Waals surface area contributed by atoms with Crippen molar-refractivity contribution in [3.63, 3.8) is 0 Å². The van der Waals surface area contributed by atoms with Crippen LogP contribution in [-0.4, -0.2) is 36.4 Å². The van der Waals surface area contributed by atoms with Crippen LogP contribution in [0.4, 0.5) is 14.5 Å². The summed E-state index contributed by atoms with van der Waals surface area (Å²) in [6, 6.07) is 12.1. The minimum absolute atomic E-state index is 0.130. The van der Waals surface area contributed by atoms with Crippen LogP contribution in [0.1, 0.15) is 50.7 Å². The molecule has 1 saturated carbocycles. The second kappa shape index (κ2) is 9.46. The molecular formula is C26H35F2N3O. The summed E-state index contributed by atoms with van der Waals surface area (Å²) in [7, 11) is 0. The highest BCUT2D eigenvalue weighted by atomic mass is 19.1. The molecule has 0 spiro atoms. The lowest BCUT2D eigenvalue weighted by Gasteiger charge is -2.28. The van der Waals surface area contributed by atoms with Gasteiger partial charge >= 0.3 is 0 Å². The first-order valence-corrected chi connectivity index (χ1v) is 11.8. The van der Waals surface area contributed by atoms with Crippen molar-refractivity contribution in [1.29, 1.82) is 0 Å². The van der Waals surface area contributed by atoms with Crippen molar-refractivity contribution in [2.75, 3.05) is 18.0 Å². The Labute approximate surface area is 189 Å². The number of nitrogens with two attached hydrogens (primary N) is 1. The molecule has 2 aromatic rings. The van der Waals surface area contributed by atoms with Crippen molar-refractivity contribution >= 4 is 5.69 Å². The summed E-state index contributed by atoms with van der Waals surface area (Å²) < 4.78 is 26.9. The predicted octanol–water partition coefficient (Wildman–Crippen LogP) is 4.10. The zero-order chi connectivity index (χ0) is 22.9. The third kappa shape index (κ3) is 5.13. The van der Waals surface area contributed by atoms with Crippen LogP contribution in [0.2, 0.25) is 0 Å². The molecule has 2 aromatic carbocycles. The van der Waals surface area contributed by atoms with Crippen molar-refractivity contribution in [1.82, 2.24) is 5.32 Å². The van der Waals surface area contributed by atoms with Crippen molar-refractivity contribution in [2.24, 2.45) is 11.7 Å². The summed E-state index contributed by atoms with van der Waals surface area (Å²) in [6.07, 6.45) is 3.82. The third-order valence-corrected chi connectivity index (χ3v) is 7.11. The third-order valence-electron chi connectivity index (χ3n) is 7.11. The zero-order valence-corrected chi connectivity index (χ0v) is 19.0. The molecule has 2 fully saturated rings. The van der Waals surface area contributed by atoms with E-state index in [9.17, 15) is 13.9 Å². The molecule has 4 rings (SSSR count). The lowest BCUT2D eigenvalue weighted by atomic mass is 10.00. The molecule has 6 heteroatoms. The number of benzene rings is 2. The van der Waals surface area contributed by atoms with Gasteiger partial charge in [-0.2, -0.15) is 0 Å². The average Bonchev–Trinajstić information content (AvgIpc) is 3.45. The Kier molecular flexibility index (Phi) is 6.84.